The Morgan fingerprint density at radius 3 is 2.62 bits per heavy atom. The topological polar surface area (TPSA) is 72.9 Å². The van der Waals surface area contributed by atoms with E-state index in [0.717, 1.165) is 30.5 Å². The molecule has 26 heavy (non-hydrogen) atoms. The third-order valence-corrected chi connectivity index (χ3v) is 6.13. The number of nitrogens with zero attached hydrogens (tertiary/aromatic N) is 2. The number of rotatable bonds is 3. The number of hydroxylamine groups is 1. The average molecular weight is 355 g/mol. The van der Waals surface area contributed by atoms with Crippen LogP contribution in [0.25, 0.3) is 5.57 Å². The Hall–Kier alpha value is -2.18. The number of amides is 2. The predicted octanol–water partition coefficient (Wildman–Crippen LogP) is 1.52. The van der Waals surface area contributed by atoms with Crippen LogP contribution in [0.1, 0.15) is 24.8 Å². The molecule has 2 N–H and O–H groups in total. The number of hydrogen-bond donors (Lipinski definition) is 2. The number of piperidine rings is 1. The molecule has 6 heteroatoms. The van der Waals surface area contributed by atoms with Crippen LogP contribution >= 0.6 is 0 Å². The Labute approximate surface area is 153 Å². The fraction of sp³-hybridized carbons (Fsp3) is 0.500. The molecule has 4 rings (SSSR count). The quantitative estimate of drug-likeness (QED) is 0.637. The van der Waals surface area contributed by atoms with Gasteiger partial charge < -0.3 is 4.90 Å². The van der Waals surface area contributed by atoms with Crippen molar-refractivity contribution in [2.75, 3.05) is 26.7 Å². The van der Waals surface area contributed by atoms with E-state index in [9.17, 15) is 9.59 Å². The van der Waals surface area contributed by atoms with Crippen LogP contribution < -0.4 is 5.48 Å². The zero-order valence-corrected chi connectivity index (χ0v) is 15.0. The van der Waals surface area contributed by atoms with Crippen LogP contribution in [0.4, 0.5) is 0 Å². The molecule has 2 fully saturated rings. The number of benzene rings is 1. The summed E-state index contributed by atoms with van der Waals surface area (Å²) >= 11 is 0. The van der Waals surface area contributed by atoms with Gasteiger partial charge in [0.05, 0.1) is 5.92 Å². The highest BCUT2D eigenvalue weighted by Crippen LogP contribution is 2.54. The summed E-state index contributed by atoms with van der Waals surface area (Å²) in [6, 6.07) is 9.54. The molecule has 2 heterocycles. The zero-order valence-electron chi connectivity index (χ0n) is 15.0. The maximum atomic E-state index is 13.2. The normalized spacial score (nSPS) is 27.3. The molecule has 2 aliphatic heterocycles. The van der Waals surface area contributed by atoms with Gasteiger partial charge in [0.1, 0.15) is 6.04 Å². The molecule has 138 valence electrons. The summed E-state index contributed by atoms with van der Waals surface area (Å²) in [7, 11) is 1.92. The lowest BCUT2D eigenvalue weighted by Gasteiger charge is -2.42. The molecule has 3 aliphatic rings. The fourth-order valence-corrected chi connectivity index (χ4v) is 4.57. The lowest BCUT2D eigenvalue weighted by Crippen LogP contribution is -2.59. The number of likely N-dealkylation sites (N-methyl/N-ethyl adjacent to an activating group) is 1. The van der Waals surface area contributed by atoms with Crippen molar-refractivity contribution < 1.29 is 14.8 Å². The molecule has 1 aromatic rings. The van der Waals surface area contributed by atoms with Gasteiger partial charge in [0.2, 0.25) is 11.8 Å². The highest BCUT2D eigenvalue weighted by molar-refractivity contribution is 5.92. The molecule has 0 unspecified atom stereocenters. The van der Waals surface area contributed by atoms with E-state index >= 15 is 0 Å². The van der Waals surface area contributed by atoms with Crippen molar-refractivity contribution in [3.05, 3.63) is 42.0 Å². The predicted molar refractivity (Wildman–Crippen MR) is 97.1 cm³/mol. The SMILES string of the molecule is CN1CC2(CC2)C[C@H](C(=O)NO)[C@H]1C(=O)N1CC=C(c2ccccc2)C1. The van der Waals surface area contributed by atoms with Crippen LogP contribution in [0.5, 0.6) is 0 Å². The van der Waals surface area contributed by atoms with Crippen LogP contribution in [0.3, 0.4) is 0 Å². The van der Waals surface area contributed by atoms with Gasteiger partial charge in [-0.1, -0.05) is 36.4 Å². The van der Waals surface area contributed by atoms with E-state index in [4.69, 9.17) is 5.21 Å². The lowest BCUT2D eigenvalue weighted by atomic mass is 9.80. The van der Waals surface area contributed by atoms with Crippen LogP contribution in [0.15, 0.2) is 36.4 Å². The first kappa shape index (κ1) is 17.2. The van der Waals surface area contributed by atoms with Crippen molar-refractivity contribution in [3.63, 3.8) is 0 Å². The molecule has 1 saturated heterocycles. The number of likely N-dealkylation sites (tertiary alicyclic amines) is 1. The molecule has 1 saturated carbocycles. The standard InChI is InChI=1S/C20H25N3O3/c1-22-13-20(8-9-20)11-16(18(24)21-26)17(22)19(25)23-10-7-15(12-23)14-5-3-2-4-6-14/h2-7,16-17,26H,8-13H2,1H3,(H,21,24)/t16-,17-/m0/s1. The van der Waals surface area contributed by atoms with Crippen molar-refractivity contribution in [3.8, 4) is 0 Å². The monoisotopic (exact) mass is 355 g/mol. The van der Waals surface area contributed by atoms with Crippen molar-refractivity contribution in [1.82, 2.24) is 15.3 Å². The minimum atomic E-state index is -0.517. The summed E-state index contributed by atoms with van der Waals surface area (Å²) in [6.07, 6.45) is 4.94. The summed E-state index contributed by atoms with van der Waals surface area (Å²) in [5.41, 5.74) is 4.20. The first-order valence-electron chi connectivity index (χ1n) is 9.20. The van der Waals surface area contributed by atoms with Crippen molar-refractivity contribution in [2.45, 2.75) is 25.3 Å². The van der Waals surface area contributed by atoms with Gasteiger partial charge in [0.15, 0.2) is 0 Å². The van der Waals surface area contributed by atoms with Gasteiger partial charge in [-0.3, -0.25) is 19.7 Å². The highest BCUT2D eigenvalue weighted by Gasteiger charge is 2.55. The van der Waals surface area contributed by atoms with Crippen LogP contribution in [0, 0.1) is 11.3 Å². The van der Waals surface area contributed by atoms with E-state index in [1.165, 1.54) is 0 Å². The summed E-state index contributed by atoms with van der Waals surface area (Å²) in [5, 5.41) is 9.17. The second kappa shape index (κ2) is 6.52. The molecule has 1 aliphatic carbocycles. The molecule has 0 aromatic heterocycles. The second-order valence-corrected chi connectivity index (χ2v) is 7.96. The second-order valence-electron chi connectivity index (χ2n) is 7.96. The van der Waals surface area contributed by atoms with Gasteiger partial charge in [-0.25, -0.2) is 5.48 Å². The number of carbonyl (C=O) groups is 2. The van der Waals surface area contributed by atoms with E-state index < -0.39 is 17.9 Å². The smallest absolute Gasteiger partial charge is 0.248 e. The molecule has 0 radical (unpaired) electrons. The Morgan fingerprint density at radius 1 is 1.23 bits per heavy atom. The lowest BCUT2D eigenvalue weighted by molar-refractivity contribution is -0.149. The van der Waals surface area contributed by atoms with Gasteiger partial charge in [-0.05, 0) is 42.9 Å². The van der Waals surface area contributed by atoms with E-state index in [1.807, 2.05) is 47.2 Å². The third-order valence-electron chi connectivity index (χ3n) is 6.13. The minimum Gasteiger partial charge on any atom is -0.333 e. The number of hydrogen-bond acceptors (Lipinski definition) is 4. The minimum absolute atomic E-state index is 0.0289. The summed E-state index contributed by atoms with van der Waals surface area (Å²) in [4.78, 5) is 29.3. The van der Waals surface area contributed by atoms with E-state index in [1.54, 1.807) is 5.48 Å². The molecular formula is C20H25N3O3. The largest absolute Gasteiger partial charge is 0.333 e. The molecular weight excluding hydrogens is 330 g/mol. The van der Waals surface area contributed by atoms with Gasteiger partial charge in [0, 0.05) is 19.6 Å². The zero-order chi connectivity index (χ0) is 18.3. The summed E-state index contributed by atoms with van der Waals surface area (Å²) in [5.74, 6) is -0.982. The molecule has 1 aromatic carbocycles. The maximum Gasteiger partial charge on any atom is 0.248 e. The first-order valence-corrected chi connectivity index (χ1v) is 9.20. The fourth-order valence-electron chi connectivity index (χ4n) is 4.57. The molecule has 1 spiro atoms. The Kier molecular flexibility index (Phi) is 4.32. The van der Waals surface area contributed by atoms with Gasteiger partial charge in [-0.15, -0.1) is 0 Å². The first-order chi connectivity index (χ1) is 12.5. The van der Waals surface area contributed by atoms with Crippen LogP contribution in [-0.2, 0) is 9.59 Å². The Balaban J connectivity index is 1.50. The summed E-state index contributed by atoms with van der Waals surface area (Å²) < 4.78 is 0. The van der Waals surface area contributed by atoms with Gasteiger partial charge in [0.25, 0.3) is 0 Å². The molecule has 6 nitrogen and oxygen atoms in total. The maximum absolute atomic E-state index is 13.2. The molecule has 0 bridgehead atoms. The van der Waals surface area contributed by atoms with Gasteiger partial charge in [-0.2, -0.15) is 0 Å². The van der Waals surface area contributed by atoms with E-state index in [2.05, 4.69) is 6.08 Å². The van der Waals surface area contributed by atoms with E-state index in [0.29, 0.717) is 19.5 Å². The highest BCUT2D eigenvalue weighted by atomic mass is 16.5. The van der Waals surface area contributed by atoms with Crippen molar-refractivity contribution in [1.29, 1.82) is 0 Å². The van der Waals surface area contributed by atoms with Crippen LogP contribution in [0.2, 0.25) is 0 Å². The van der Waals surface area contributed by atoms with Gasteiger partial charge >= 0.3 is 0 Å². The van der Waals surface area contributed by atoms with E-state index in [-0.39, 0.29) is 11.3 Å². The Morgan fingerprint density at radius 2 is 1.96 bits per heavy atom. The molecule has 2 amide bonds. The van der Waals surface area contributed by atoms with Crippen LogP contribution in [-0.4, -0.2) is 59.5 Å². The third kappa shape index (κ3) is 3.04. The average Bonchev–Trinajstić information content (AvgIpc) is 3.21. The summed E-state index contributed by atoms with van der Waals surface area (Å²) in [6.45, 7) is 1.96. The number of carbonyl (C=O) groups excluding carboxylic acids is 2. The number of nitrogens with one attached hydrogen (secondary N) is 1. The molecule has 2 atom stereocenters. The Bertz CT molecular complexity index is 742. The van der Waals surface area contributed by atoms with Crippen molar-refractivity contribution in [2.24, 2.45) is 11.3 Å². The van der Waals surface area contributed by atoms with Crippen molar-refractivity contribution >= 4 is 17.4 Å².